The predicted octanol–water partition coefficient (Wildman–Crippen LogP) is 1.03. The molecule has 1 atom stereocenters. The average molecular weight is 329 g/mol. The highest BCUT2D eigenvalue weighted by Crippen LogP contribution is 2.14. The second-order valence-electron chi connectivity index (χ2n) is 5.68. The summed E-state index contributed by atoms with van der Waals surface area (Å²) < 4.78 is 10.2. The van der Waals surface area contributed by atoms with Gasteiger partial charge < -0.3 is 19.5 Å². The molecule has 7 heteroatoms. The number of aryl methyl sites for hydroxylation is 1. The van der Waals surface area contributed by atoms with E-state index < -0.39 is 6.04 Å². The van der Waals surface area contributed by atoms with Gasteiger partial charge in [0.2, 0.25) is 11.8 Å². The van der Waals surface area contributed by atoms with Crippen molar-refractivity contribution in [2.45, 2.75) is 26.1 Å². The van der Waals surface area contributed by atoms with E-state index in [2.05, 4.69) is 10.5 Å². The molecule has 1 aromatic heterocycles. The molecule has 1 aliphatic rings. The van der Waals surface area contributed by atoms with Crippen LogP contribution >= 0.6 is 0 Å². The first-order valence-corrected chi connectivity index (χ1v) is 7.74. The predicted molar refractivity (Wildman–Crippen MR) is 84.7 cm³/mol. The van der Waals surface area contributed by atoms with Gasteiger partial charge in [0.15, 0.2) is 0 Å². The van der Waals surface area contributed by atoms with Crippen LogP contribution < -0.4 is 5.32 Å². The van der Waals surface area contributed by atoms with Crippen LogP contribution in [0.4, 0.5) is 0 Å². The first kappa shape index (κ1) is 16.2. The van der Waals surface area contributed by atoms with Crippen LogP contribution in [-0.4, -0.2) is 41.1 Å². The molecule has 0 radical (unpaired) electrons. The van der Waals surface area contributed by atoms with Crippen LogP contribution in [0.2, 0.25) is 0 Å². The van der Waals surface area contributed by atoms with Gasteiger partial charge in [-0.2, -0.15) is 0 Å². The smallest absolute Gasteiger partial charge is 0.249 e. The van der Waals surface area contributed by atoms with Crippen molar-refractivity contribution in [1.29, 1.82) is 0 Å². The van der Waals surface area contributed by atoms with Crippen LogP contribution in [0.3, 0.4) is 0 Å². The van der Waals surface area contributed by atoms with E-state index in [-0.39, 0.29) is 31.6 Å². The monoisotopic (exact) mass is 329 g/mol. The third-order valence-corrected chi connectivity index (χ3v) is 3.82. The molecule has 3 rings (SSSR count). The number of benzene rings is 1. The molecule has 0 spiro atoms. The molecule has 1 saturated heterocycles. The van der Waals surface area contributed by atoms with Crippen LogP contribution in [0.5, 0.6) is 0 Å². The van der Waals surface area contributed by atoms with Crippen molar-refractivity contribution < 1.29 is 18.8 Å². The summed E-state index contributed by atoms with van der Waals surface area (Å²) in [6.45, 7) is 2.60. The Hall–Kier alpha value is -2.67. The number of hydrogen-bond donors (Lipinski definition) is 1. The van der Waals surface area contributed by atoms with Crippen LogP contribution in [0.25, 0.3) is 0 Å². The van der Waals surface area contributed by atoms with Crippen molar-refractivity contribution in [3.8, 4) is 0 Å². The van der Waals surface area contributed by atoms with Gasteiger partial charge in [0.05, 0.1) is 13.2 Å². The van der Waals surface area contributed by atoms with E-state index >= 15 is 0 Å². The second kappa shape index (κ2) is 7.27. The fraction of sp³-hybridized carbons (Fsp3) is 0.353. The highest BCUT2D eigenvalue weighted by molar-refractivity contribution is 5.89. The molecule has 2 aromatic rings. The molecular formula is C17H19N3O4. The molecular weight excluding hydrogens is 310 g/mol. The fourth-order valence-electron chi connectivity index (χ4n) is 2.60. The van der Waals surface area contributed by atoms with Gasteiger partial charge in [0, 0.05) is 12.6 Å². The number of rotatable bonds is 5. The van der Waals surface area contributed by atoms with Gasteiger partial charge in [-0.25, -0.2) is 0 Å². The number of carbonyl (C=O) groups excluding carboxylic acids is 2. The van der Waals surface area contributed by atoms with Gasteiger partial charge >= 0.3 is 0 Å². The molecule has 2 heterocycles. The van der Waals surface area contributed by atoms with E-state index in [1.165, 1.54) is 0 Å². The minimum Gasteiger partial charge on any atom is -0.369 e. The SMILES string of the molecule is Cc1cc(CNC(=O)[C@@H]2COCC(=O)N2Cc2ccccc2)no1. The number of morpholine rings is 1. The first-order chi connectivity index (χ1) is 11.6. The van der Waals surface area contributed by atoms with Crippen LogP contribution in [0.1, 0.15) is 17.0 Å². The summed E-state index contributed by atoms with van der Waals surface area (Å²) in [7, 11) is 0. The van der Waals surface area contributed by atoms with E-state index in [0.717, 1.165) is 5.56 Å². The van der Waals surface area contributed by atoms with E-state index in [9.17, 15) is 9.59 Å². The lowest BCUT2D eigenvalue weighted by atomic mass is 10.1. The van der Waals surface area contributed by atoms with Crippen molar-refractivity contribution in [3.63, 3.8) is 0 Å². The maximum Gasteiger partial charge on any atom is 0.249 e. The quantitative estimate of drug-likeness (QED) is 0.885. The minimum atomic E-state index is -0.653. The Morgan fingerprint density at radius 3 is 2.88 bits per heavy atom. The lowest BCUT2D eigenvalue weighted by molar-refractivity contribution is -0.155. The van der Waals surface area contributed by atoms with E-state index in [1.54, 1.807) is 17.9 Å². The van der Waals surface area contributed by atoms with E-state index in [0.29, 0.717) is 18.0 Å². The summed E-state index contributed by atoms with van der Waals surface area (Å²) >= 11 is 0. The van der Waals surface area contributed by atoms with Gasteiger partial charge in [0.1, 0.15) is 24.1 Å². The van der Waals surface area contributed by atoms with Crippen molar-refractivity contribution >= 4 is 11.8 Å². The third-order valence-electron chi connectivity index (χ3n) is 3.82. The standard InChI is InChI=1S/C17H19N3O4/c1-12-7-14(19-24-12)8-18-17(22)15-10-23-11-16(21)20(15)9-13-5-3-2-4-6-13/h2-7,15H,8-11H2,1H3,(H,18,22)/t15-/m0/s1. The van der Waals surface area contributed by atoms with Crippen molar-refractivity contribution in [2.75, 3.05) is 13.2 Å². The highest BCUT2D eigenvalue weighted by atomic mass is 16.5. The largest absolute Gasteiger partial charge is 0.369 e. The summed E-state index contributed by atoms with van der Waals surface area (Å²) in [6, 6.07) is 10.7. The highest BCUT2D eigenvalue weighted by Gasteiger charge is 2.33. The summed E-state index contributed by atoms with van der Waals surface area (Å²) in [5, 5.41) is 6.62. The molecule has 1 fully saturated rings. The Morgan fingerprint density at radius 1 is 1.38 bits per heavy atom. The molecule has 0 saturated carbocycles. The van der Waals surface area contributed by atoms with Gasteiger partial charge in [-0.3, -0.25) is 9.59 Å². The molecule has 1 aromatic carbocycles. The summed E-state index contributed by atoms with van der Waals surface area (Å²) in [4.78, 5) is 26.2. The zero-order chi connectivity index (χ0) is 16.9. The van der Waals surface area contributed by atoms with E-state index in [1.807, 2.05) is 30.3 Å². The van der Waals surface area contributed by atoms with Crippen LogP contribution in [0.15, 0.2) is 40.9 Å². The second-order valence-corrected chi connectivity index (χ2v) is 5.68. The van der Waals surface area contributed by atoms with Crippen LogP contribution in [-0.2, 0) is 27.4 Å². The number of nitrogens with one attached hydrogen (secondary N) is 1. The molecule has 1 aliphatic heterocycles. The lowest BCUT2D eigenvalue weighted by Gasteiger charge is -2.34. The third kappa shape index (κ3) is 3.80. The number of amides is 2. The zero-order valence-electron chi connectivity index (χ0n) is 13.4. The van der Waals surface area contributed by atoms with Crippen LogP contribution in [0, 0.1) is 6.92 Å². The summed E-state index contributed by atoms with van der Waals surface area (Å²) in [5.74, 6) is 0.225. The molecule has 7 nitrogen and oxygen atoms in total. The molecule has 1 N–H and O–H groups in total. The Bertz CT molecular complexity index is 714. The molecule has 0 aliphatic carbocycles. The maximum absolute atomic E-state index is 12.5. The number of aromatic nitrogens is 1. The Labute approximate surface area is 139 Å². The zero-order valence-corrected chi connectivity index (χ0v) is 13.4. The summed E-state index contributed by atoms with van der Waals surface area (Å²) in [6.07, 6.45) is 0. The van der Waals surface area contributed by atoms with Crippen molar-refractivity contribution in [1.82, 2.24) is 15.4 Å². The first-order valence-electron chi connectivity index (χ1n) is 7.74. The van der Waals surface area contributed by atoms with Crippen molar-refractivity contribution in [2.24, 2.45) is 0 Å². The molecule has 2 amide bonds. The topological polar surface area (TPSA) is 84.7 Å². The molecule has 0 unspecified atom stereocenters. The van der Waals surface area contributed by atoms with Gasteiger partial charge in [0.25, 0.3) is 0 Å². The summed E-state index contributed by atoms with van der Waals surface area (Å²) in [5.41, 5.74) is 1.61. The normalized spacial score (nSPS) is 17.8. The Balaban J connectivity index is 1.66. The fourth-order valence-corrected chi connectivity index (χ4v) is 2.60. The molecule has 24 heavy (non-hydrogen) atoms. The number of nitrogens with zero attached hydrogens (tertiary/aromatic N) is 2. The van der Waals surface area contributed by atoms with Gasteiger partial charge in [-0.05, 0) is 12.5 Å². The minimum absolute atomic E-state index is 0.000898. The van der Waals surface area contributed by atoms with Gasteiger partial charge in [-0.1, -0.05) is 35.5 Å². The Kier molecular flexibility index (Phi) is 4.90. The number of hydrogen-bond acceptors (Lipinski definition) is 5. The lowest BCUT2D eigenvalue weighted by Crippen LogP contribution is -2.55. The van der Waals surface area contributed by atoms with Crippen molar-refractivity contribution in [3.05, 3.63) is 53.4 Å². The average Bonchev–Trinajstić information content (AvgIpc) is 3.01. The van der Waals surface area contributed by atoms with E-state index in [4.69, 9.17) is 9.26 Å². The Morgan fingerprint density at radius 2 is 2.17 bits per heavy atom. The van der Waals surface area contributed by atoms with Gasteiger partial charge in [-0.15, -0.1) is 0 Å². The molecule has 126 valence electrons. The molecule has 0 bridgehead atoms. The number of ether oxygens (including phenoxy) is 1. The number of carbonyl (C=O) groups is 2. The maximum atomic E-state index is 12.5.